The minimum atomic E-state index is -1.18. The predicted octanol–water partition coefficient (Wildman–Crippen LogP) is 4.27. The van der Waals surface area contributed by atoms with Crippen molar-refractivity contribution in [1.82, 2.24) is 0 Å². The SMILES string of the molecule is CC[C@@H]1CC(=O)[C@H](CC=C=CCC(O)C(=O)OC)[C@H]1/C=C/CCOc1ccccc1. The highest BCUT2D eigenvalue weighted by Crippen LogP contribution is 2.39. The molecule has 0 aliphatic heterocycles. The van der Waals surface area contributed by atoms with E-state index in [1.165, 1.54) is 7.11 Å². The first-order chi connectivity index (χ1) is 14.6. The van der Waals surface area contributed by atoms with Crippen LogP contribution in [0.3, 0.4) is 0 Å². The van der Waals surface area contributed by atoms with E-state index in [1.807, 2.05) is 36.4 Å². The fourth-order valence-corrected chi connectivity index (χ4v) is 3.79. The molecular formula is C25H32O5. The highest BCUT2D eigenvalue weighted by Gasteiger charge is 2.38. The molecule has 0 heterocycles. The van der Waals surface area contributed by atoms with Crippen LogP contribution in [0.1, 0.15) is 39.0 Å². The number of Topliss-reactive ketones (excluding diaryl/α,β-unsaturated/α-hetero) is 1. The first kappa shape index (κ1) is 23.7. The van der Waals surface area contributed by atoms with Crippen molar-refractivity contribution in [2.24, 2.45) is 17.8 Å². The second-order valence-corrected chi connectivity index (χ2v) is 7.49. The Labute approximate surface area is 179 Å². The van der Waals surface area contributed by atoms with Crippen molar-refractivity contribution in [3.05, 3.63) is 60.4 Å². The number of aliphatic hydroxyl groups excluding tert-OH is 1. The number of aliphatic hydroxyl groups is 1. The summed E-state index contributed by atoms with van der Waals surface area (Å²) in [4.78, 5) is 23.7. The monoisotopic (exact) mass is 412 g/mol. The van der Waals surface area contributed by atoms with Gasteiger partial charge >= 0.3 is 5.97 Å². The van der Waals surface area contributed by atoms with E-state index in [-0.39, 0.29) is 18.3 Å². The molecule has 1 aromatic carbocycles. The van der Waals surface area contributed by atoms with Gasteiger partial charge in [0.15, 0.2) is 6.10 Å². The second kappa shape index (κ2) is 12.8. The van der Waals surface area contributed by atoms with Crippen molar-refractivity contribution in [2.75, 3.05) is 13.7 Å². The maximum atomic E-state index is 12.5. The van der Waals surface area contributed by atoms with E-state index in [4.69, 9.17) is 4.74 Å². The molecule has 1 fully saturated rings. The fourth-order valence-electron chi connectivity index (χ4n) is 3.79. The zero-order valence-corrected chi connectivity index (χ0v) is 17.8. The Kier molecular flexibility index (Phi) is 10.1. The Hall–Kier alpha value is -2.62. The van der Waals surface area contributed by atoms with Crippen LogP contribution in [0.25, 0.3) is 0 Å². The summed E-state index contributed by atoms with van der Waals surface area (Å²) in [6.07, 6.45) is 9.68. The molecule has 1 aliphatic carbocycles. The Bertz CT molecular complexity index is 761. The van der Waals surface area contributed by atoms with Crippen LogP contribution in [0.2, 0.25) is 0 Å². The van der Waals surface area contributed by atoms with Gasteiger partial charge in [0.2, 0.25) is 0 Å². The van der Waals surface area contributed by atoms with E-state index in [0.717, 1.165) is 18.6 Å². The normalized spacial score (nSPS) is 21.8. The highest BCUT2D eigenvalue weighted by molar-refractivity contribution is 5.84. The van der Waals surface area contributed by atoms with E-state index < -0.39 is 12.1 Å². The van der Waals surface area contributed by atoms with Gasteiger partial charge in [-0.05, 0) is 49.0 Å². The van der Waals surface area contributed by atoms with Crippen molar-refractivity contribution in [3.63, 3.8) is 0 Å². The Morgan fingerprint density at radius 2 is 2.07 bits per heavy atom. The van der Waals surface area contributed by atoms with Crippen molar-refractivity contribution >= 4 is 11.8 Å². The number of hydrogen-bond donors (Lipinski definition) is 1. The Balaban J connectivity index is 1.87. The number of hydrogen-bond acceptors (Lipinski definition) is 5. The van der Waals surface area contributed by atoms with E-state index >= 15 is 0 Å². The van der Waals surface area contributed by atoms with Crippen molar-refractivity contribution in [3.8, 4) is 5.75 Å². The second-order valence-electron chi connectivity index (χ2n) is 7.49. The van der Waals surface area contributed by atoms with Crippen molar-refractivity contribution < 1.29 is 24.2 Å². The average molecular weight is 413 g/mol. The summed E-state index contributed by atoms with van der Waals surface area (Å²) in [5.41, 5.74) is 2.98. The summed E-state index contributed by atoms with van der Waals surface area (Å²) >= 11 is 0. The van der Waals surface area contributed by atoms with Crippen LogP contribution in [-0.2, 0) is 14.3 Å². The lowest BCUT2D eigenvalue weighted by Crippen LogP contribution is -2.20. The Morgan fingerprint density at radius 3 is 2.77 bits per heavy atom. The number of rotatable bonds is 11. The van der Waals surface area contributed by atoms with E-state index in [0.29, 0.717) is 31.1 Å². The van der Waals surface area contributed by atoms with Gasteiger partial charge in [-0.1, -0.05) is 43.7 Å². The quantitative estimate of drug-likeness (QED) is 0.254. The van der Waals surface area contributed by atoms with Gasteiger partial charge in [0.05, 0.1) is 13.7 Å². The summed E-state index contributed by atoms with van der Waals surface area (Å²) in [5, 5.41) is 9.56. The molecule has 162 valence electrons. The van der Waals surface area contributed by atoms with E-state index in [2.05, 4.69) is 29.5 Å². The topological polar surface area (TPSA) is 72.8 Å². The maximum Gasteiger partial charge on any atom is 0.335 e. The molecule has 0 radical (unpaired) electrons. The van der Waals surface area contributed by atoms with Crippen LogP contribution in [0, 0.1) is 17.8 Å². The first-order valence-electron chi connectivity index (χ1n) is 10.6. The zero-order valence-electron chi connectivity index (χ0n) is 17.8. The number of para-hydroxylation sites is 1. The van der Waals surface area contributed by atoms with Crippen LogP contribution in [0.15, 0.2) is 60.4 Å². The molecule has 2 rings (SSSR count). The van der Waals surface area contributed by atoms with Crippen LogP contribution in [0.5, 0.6) is 5.75 Å². The molecule has 1 saturated carbocycles. The number of carbonyl (C=O) groups is 2. The minimum Gasteiger partial charge on any atom is -0.493 e. The first-order valence-corrected chi connectivity index (χ1v) is 10.6. The van der Waals surface area contributed by atoms with E-state index in [9.17, 15) is 14.7 Å². The summed E-state index contributed by atoms with van der Waals surface area (Å²) in [5.74, 6) is 1.04. The molecule has 0 amide bonds. The summed E-state index contributed by atoms with van der Waals surface area (Å²) in [6.45, 7) is 2.73. The number of methoxy groups -OCH3 is 1. The molecule has 0 spiro atoms. The lowest BCUT2D eigenvalue weighted by molar-refractivity contribution is -0.150. The molecule has 0 aromatic heterocycles. The largest absolute Gasteiger partial charge is 0.493 e. The standard InChI is InChI=1S/C25H32O5/c1-3-19-18-24(27)22(15-8-5-9-16-23(26)25(28)29-2)21(19)14-10-11-17-30-20-12-6-4-7-13-20/h4,6-10,12-14,19,21-23,26H,3,11,15-18H2,1-2H3/b14-10+/t5?,19-,21+,22-,23?/m1/s1. The smallest absolute Gasteiger partial charge is 0.335 e. The number of benzene rings is 1. The third kappa shape index (κ3) is 7.33. The minimum absolute atomic E-state index is 0.0485. The van der Waals surface area contributed by atoms with Gasteiger partial charge < -0.3 is 14.6 Å². The number of carbonyl (C=O) groups excluding carboxylic acids is 2. The third-order valence-electron chi connectivity index (χ3n) is 5.49. The lowest BCUT2D eigenvalue weighted by atomic mass is 9.85. The van der Waals surface area contributed by atoms with Gasteiger partial charge in [-0.2, -0.15) is 0 Å². The average Bonchev–Trinajstić information content (AvgIpc) is 3.07. The molecule has 5 nitrogen and oxygen atoms in total. The molecule has 5 heteroatoms. The van der Waals surface area contributed by atoms with E-state index in [1.54, 1.807) is 6.08 Å². The Morgan fingerprint density at radius 1 is 1.30 bits per heavy atom. The molecule has 1 aliphatic rings. The van der Waals surface area contributed by atoms with Gasteiger partial charge in [0, 0.05) is 18.8 Å². The number of ether oxygens (including phenoxy) is 2. The fraction of sp³-hybridized carbons (Fsp3) is 0.480. The third-order valence-corrected chi connectivity index (χ3v) is 5.49. The van der Waals surface area contributed by atoms with Crippen LogP contribution < -0.4 is 4.74 Å². The van der Waals surface area contributed by atoms with Crippen LogP contribution in [0.4, 0.5) is 0 Å². The van der Waals surface area contributed by atoms with Crippen LogP contribution >= 0.6 is 0 Å². The van der Waals surface area contributed by atoms with Crippen molar-refractivity contribution in [2.45, 2.75) is 45.1 Å². The zero-order chi connectivity index (χ0) is 21.8. The van der Waals surface area contributed by atoms with Gasteiger partial charge in [-0.15, -0.1) is 5.73 Å². The maximum absolute atomic E-state index is 12.5. The molecule has 0 saturated heterocycles. The summed E-state index contributed by atoms with van der Waals surface area (Å²) in [6, 6.07) is 9.73. The molecule has 1 aromatic rings. The molecule has 30 heavy (non-hydrogen) atoms. The molecule has 1 N–H and O–H groups in total. The highest BCUT2D eigenvalue weighted by atomic mass is 16.5. The van der Waals surface area contributed by atoms with Gasteiger partial charge in [0.1, 0.15) is 11.5 Å². The number of ketones is 1. The number of allylic oxidation sites excluding steroid dienone is 1. The predicted molar refractivity (Wildman–Crippen MR) is 116 cm³/mol. The lowest BCUT2D eigenvalue weighted by Gasteiger charge is -2.18. The molecule has 1 unspecified atom stereocenters. The van der Waals surface area contributed by atoms with Gasteiger partial charge in [0.25, 0.3) is 0 Å². The molecular weight excluding hydrogens is 380 g/mol. The van der Waals surface area contributed by atoms with Crippen LogP contribution in [-0.4, -0.2) is 36.7 Å². The summed E-state index contributed by atoms with van der Waals surface area (Å²) in [7, 11) is 1.24. The van der Waals surface area contributed by atoms with Gasteiger partial charge in [-0.25, -0.2) is 4.79 Å². The number of esters is 1. The van der Waals surface area contributed by atoms with Crippen molar-refractivity contribution in [1.29, 1.82) is 0 Å². The summed E-state index contributed by atoms with van der Waals surface area (Å²) < 4.78 is 10.2. The molecule has 4 atom stereocenters. The molecule has 0 bridgehead atoms. The van der Waals surface area contributed by atoms with Gasteiger partial charge in [-0.3, -0.25) is 4.79 Å².